The molecule has 2 atom stereocenters. The average molecular weight is 212 g/mol. The van der Waals surface area contributed by atoms with Crippen molar-refractivity contribution in [2.24, 2.45) is 11.8 Å². The summed E-state index contributed by atoms with van der Waals surface area (Å²) >= 11 is 0. The molecule has 0 aromatic carbocycles. The van der Waals surface area contributed by atoms with Gasteiger partial charge in [-0.2, -0.15) is 0 Å². The van der Waals surface area contributed by atoms with Crippen molar-refractivity contribution < 1.29 is 5.11 Å². The van der Waals surface area contributed by atoms with Crippen molar-refractivity contribution in [3.63, 3.8) is 0 Å². The Morgan fingerprint density at radius 1 is 1.27 bits per heavy atom. The molecular weight excluding hydrogens is 188 g/mol. The van der Waals surface area contributed by atoms with Crippen LogP contribution in [0.3, 0.4) is 0 Å². The first kappa shape index (κ1) is 11.4. The van der Waals surface area contributed by atoms with Crippen molar-refractivity contribution in [2.45, 2.75) is 19.3 Å². The molecule has 2 rings (SSSR count). The molecule has 0 aromatic heterocycles. The van der Waals surface area contributed by atoms with E-state index in [4.69, 9.17) is 0 Å². The van der Waals surface area contributed by atoms with Crippen LogP contribution in [0.25, 0.3) is 0 Å². The van der Waals surface area contributed by atoms with Gasteiger partial charge in [0.2, 0.25) is 0 Å². The Morgan fingerprint density at radius 3 is 2.53 bits per heavy atom. The summed E-state index contributed by atoms with van der Waals surface area (Å²) in [5.74, 6) is 1.23. The highest BCUT2D eigenvalue weighted by Crippen LogP contribution is 2.24. The second-order valence-corrected chi connectivity index (χ2v) is 5.26. The fraction of sp³-hybridized carbons (Fsp3) is 1.00. The molecule has 2 aliphatic heterocycles. The molecule has 1 N–H and O–H groups in total. The van der Waals surface area contributed by atoms with Crippen molar-refractivity contribution in [2.75, 3.05) is 46.4 Å². The number of hydrogen-bond donors (Lipinski definition) is 1. The highest BCUT2D eigenvalue weighted by molar-refractivity contribution is 4.82. The zero-order valence-corrected chi connectivity index (χ0v) is 9.86. The Hall–Kier alpha value is -0.120. The van der Waals surface area contributed by atoms with Crippen LogP contribution < -0.4 is 0 Å². The maximum atomic E-state index is 9.49. The predicted octanol–water partition coefficient (Wildman–Crippen LogP) is 0.642. The number of nitrogens with zero attached hydrogens (tertiary/aromatic N) is 2. The van der Waals surface area contributed by atoms with Crippen molar-refractivity contribution >= 4 is 0 Å². The van der Waals surface area contributed by atoms with Crippen LogP contribution in [0.2, 0.25) is 0 Å². The van der Waals surface area contributed by atoms with Gasteiger partial charge in [-0.1, -0.05) is 0 Å². The van der Waals surface area contributed by atoms with Gasteiger partial charge in [0, 0.05) is 19.7 Å². The quantitative estimate of drug-likeness (QED) is 0.741. The first-order chi connectivity index (χ1) is 7.29. The van der Waals surface area contributed by atoms with E-state index in [-0.39, 0.29) is 0 Å². The molecule has 0 amide bonds. The first-order valence-corrected chi connectivity index (χ1v) is 6.31. The summed E-state index contributed by atoms with van der Waals surface area (Å²) in [4.78, 5) is 4.91. The molecule has 0 aromatic rings. The molecule has 2 unspecified atom stereocenters. The fourth-order valence-electron chi connectivity index (χ4n) is 3.01. The van der Waals surface area contributed by atoms with Crippen LogP contribution in [-0.4, -0.2) is 61.3 Å². The summed E-state index contributed by atoms with van der Waals surface area (Å²) in [5.41, 5.74) is 0. The molecular formula is C12H24N2O. The van der Waals surface area contributed by atoms with E-state index in [0.29, 0.717) is 12.5 Å². The SMILES string of the molecule is CN1CCC(C(CO)CN2CCCC2)C1. The molecule has 3 heteroatoms. The zero-order chi connectivity index (χ0) is 10.7. The van der Waals surface area contributed by atoms with Crippen LogP contribution >= 0.6 is 0 Å². The lowest BCUT2D eigenvalue weighted by molar-refractivity contribution is 0.135. The molecule has 2 saturated heterocycles. The van der Waals surface area contributed by atoms with E-state index >= 15 is 0 Å². The third-order valence-corrected chi connectivity index (χ3v) is 4.02. The van der Waals surface area contributed by atoms with Crippen molar-refractivity contribution in [1.29, 1.82) is 0 Å². The highest BCUT2D eigenvalue weighted by Gasteiger charge is 2.29. The van der Waals surface area contributed by atoms with E-state index < -0.39 is 0 Å². The summed E-state index contributed by atoms with van der Waals surface area (Å²) < 4.78 is 0. The Kier molecular flexibility index (Phi) is 4.00. The number of likely N-dealkylation sites (tertiary alicyclic amines) is 2. The minimum absolute atomic E-state index is 0.370. The normalized spacial score (nSPS) is 31.2. The number of aliphatic hydroxyl groups excluding tert-OH is 1. The monoisotopic (exact) mass is 212 g/mol. The fourth-order valence-corrected chi connectivity index (χ4v) is 3.01. The Balaban J connectivity index is 1.80. The molecule has 2 fully saturated rings. The molecule has 2 heterocycles. The third kappa shape index (κ3) is 2.92. The van der Waals surface area contributed by atoms with E-state index in [1.165, 1.54) is 45.4 Å². The van der Waals surface area contributed by atoms with Gasteiger partial charge in [-0.3, -0.25) is 0 Å². The second kappa shape index (κ2) is 5.28. The predicted molar refractivity (Wildman–Crippen MR) is 61.9 cm³/mol. The highest BCUT2D eigenvalue weighted by atomic mass is 16.3. The van der Waals surface area contributed by atoms with Crippen LogP contribution in [0.1, 0.15) is 19.3 Å². The largest absolute Gasteiger partial charge is 0.396 e. The van der Waals surface area contributed by atoms with E-state index in [0.717, 1.165) is 12.5 Å². The molecule has 2 aliphatic rings. The van der Waals surface area contributed by atoms with Crippen LogP contribution in [0.4, 0.5) is 0 Å². The van der Waals surface area contributed by atoms with Gasteiger partial charge in [0.15, 0.2) is 0 Å². The molecule has 0 aliphatic carbocycles. The van der Waals surface area contributed by atoms with Gasteiger partial charge in [0.05, 0.1) is 0 Å². The maximum Gasteiger partial charge on any atom is 0.0474 e. The zero-order valence-electron chi connectivity index (χ0n) is 9.86. The number of aliphatic hydroxyl groups is 1. The van der Waals surface area contributed by atoms with Crippen LogP contribution in [-0.2, 0) is 0 Å². The Bertz CT molecular complexity index is 192. The van der Waals surface area contributed by atoms with E-state index in [2.05, 4.69) is 16.8 Å². The van der Waals surface area contributed by atoms with Crippen LogP contribution in [0, 0.1) is 11.8 Å². The lowest BCUT2D eigenvalue weighted by Gasteiger charge is -2.26. The molecule has 0 radical (unpaired) electrons. The number of rotatable bonds is 4. The average Bonchev–Trinajstić information content (AvgIpc) is 2.85. The third-order valence-electron chi connectivity index (χ3n) is 4.02. The van der Waals surface area contributed by atoms with Gasteiger partial charge in [0.1, 0.15) is 0 Å². The lowest BCUT2D eigenvalue weighted by Crippen LogP contribution is -2.34. The molecule has 0 bridgehead atoms. The van der Waals surface area contributed by atoms with Crippen molar-refractivity contribution in [3.05, 3.63) is 0 Å². The number of hydrogen-bond acceptors (Lipinski definition) is 3. The minimum atomic E-state index is 0.370. The topological polar surface area (TPSA) is 26.7 Å². The van der Waals surface area contributed by atoms with E-state index in [1.807, 2.05) is 0 Å². The van der Waals surface area contributed by atoms with Crippen molar-refractivity contribution in [3.8, 4) is 0 Å². The van der Waals surface area contributed by atoms with Gasteiger partial charge in [-0.25, -0.2) is 0 Å². The second-order valence-electron chi connectivity index (χ2n) is 5.26. The van der Waals surface area contributed by atoms with Gasteiger partial charge < -0.3 is 14.9 Å². The van der Waals surface area contributed by atoms with Gasteiger partial charge in [-0.15, -0.1) is 0 Å². The lowest BCUT2D eigenvalue weighted by atomic mass is 9.92. The van der Waals surface area contributed by atoms with Gasteiger partial charge in [-0.05, 0) is 57.8 Å². The van der Waals surface area contributed by atoms with Gasteiger partial charge >= 0.3 is 0 Å². The summed E-state index contributed by atoms with van der Waals surface area (Å²) in [5, 5.41) is 9.49. The standard InChI is InChI=1S/C12H24N2O/c1-13-7-4-11(8-13)12(10-15)9-14-5-2-3-6-14/h11-12,15H,2-10H2,1H3. The summed E-state index contributed by atoms with van der Waals surface area (Å²) in [7, 11) is 2.18. The molecule has 88 valence electrons. The first-order valence-electron chi connectivity index (χ1n) is 6.31. The smallest absolute Gasteiger partial charge is 0.0474 e. The minimum Gasteiger partial charge on any atom is -0.396 e. The van der Waals surface area contributed by atoms with Gasteiger partial charge in [0.25, 0.3) is 0 Å². The molecule has 0 spiro atoms. The maximum absolute atomic E-state index is 9.49. The molecule has 15 heavy (non-hydrogen) atoms. The molecule has 0 saturated carbocycles. The van der Waals surface area contributed by atoms with Crippen LogP contribution in [0.15, 0.2) is 0 Å². The van der Waals surface area contributed by atoms with Crippen molar-refractivity contribution in [1.82, 2.24) is 9.80 Å². The summed E-state index contributed by atoms with van der Waals surface area (Å²) in [6.45, 7) is 6.38. The summed E-state index contributed by atoms with van der Waals surface area (Å²) in [6.07, 6.45) is 3.97. The summed E-state index contributed by atoms with van der Waals surface area (Å²) in [6, 6.07) is 0. The van der Waals surface area contributed by atoms with E-state index in [9.17, 15) is 5.11 Å². The van der Waals surface area contributed by atoms with Crippen LogP contribution in [0.5, 0.6) is 0 Å². The Morgan fingerprint density at radius 2 is 2.00 bits per heavy atom. The molecule has 3 nitrogen and oxygen atoms in total. The Labute approximate surface area is 93.1 Å². The van der Waals surface area contributed by atoms with E-state index in [1.54, 1.807) is 0 Å².